The molecule has 2 aromatic carbocycles. The van der Waals surface area contributed by atoms with Gasteiger partial charge in [0.25, 0.3) is 0 Å². The fourth-order valence-electron chi connectivity index (χ4n) is 5.31. The summed E-state index contributed by atoms with van der Waals surface area (Å²) in [6, 6.07) is 27.8. The van der Waals surface area contributed by atoms with Gasteiger partial charge in [0.05, 0.1) is 44.9 Å². The van der Waals surface area contributed by atoms with E-state index in [0.717, 1.165) is 57.2 Å². The van der Waals surface area contributed by atoms with E-state index in [9.17, 15) is 9.59 Å². The molecule has 0 saturated heterocycles. The third-order valence-electron chi connectivity index (χ3n) is 7.20. The second kappa shape index (κ2) is 9.60. The Morgan fingerprint density at radius 1 is 0.450 bits per heavy atom. The molecule has 8 bridgehead atoms. The summed E-state index contributed by atoms with van der Waals surface area (Å²) in [7, 11) is 0. The first-order valence-electron chi connectivity index (χ1n) is 12.9. The Bertz CT molecular complexity index is 1890. The summed E-state index contributed by atoms with van der Waals surface area (Å²) in [5.74, 6) is 0. The van der Waals surface area contributed by atoms with Gasteiger partial charge in [-0.25, -0.2) is 9.97 Å². The molecule has 0 unspecified atom stereocenters. The van der Waals surface area contributed by atoms with Gasteiger partial charge in [-0.3, -0.25) is 9.59 Å². The molecule has 0 amide bonds. The second-order valence-electron chi connectivity index (χ2n) is 9.55. The van der Waals surface area contributed by atoms with E-state index < -0.39 is 0 Å². The number of nitrogens with zero attached hydrogens (tertiary/aromatic N) is 2. The van der Waals surface area contributed by atoms with Crippen molar-refractivity contribution in [2.45, 2.75) is 0 Å². The maximum atomic E-state index is 12.3. The first-order valence-corrected chi connectivity index (χ1v) is 12.9. The van der Waals surface area contributed by atoms with Crippen molar-refractivity contribution < 1.29 is 9.59 Å². The molecule has 0 radical (unpaired) electrons. The summed E-state index contributed by atoms with van der Waals surface area (Å²) < 4.78 is 0. The van der Waals surface area contributed by atoms with Gasteiger partial charge in [-0.1, -0.05) is 60.7 Å². The highest BCUT2D eigenvalue weighted by Crippen LogP contribution is 2.34. The molecule has 40 heavy (non-hydrogen) atoms. The third-order valence-corrected chi connectivity index (χ3v) is 7.20. The first kappa shape index (κ1) is 23.5. The largest absolute Gasteiger partial charge is 0.354 e. The molecule has 0 fully saturated rings. The summed E-state index contributed by atoms with van der Waals surface area (Å²) >= 11 is 0. The van der Waals surface area contributed by atoms with Crippen LogP contribution in [0.3, 0.4) is 0 Å². The van der Waals surface area contributed by atoms with Crippen LogP contribution in [0.15, 0.2) is 84.9 Å². The Balaban J connectivity index is 1.70. The molecular formula is C34H22N4O2. The van der Waals surface area contributed by atoms with Crippen LogP contribution in [0, 0.1) is 0 Å². The van der Waals surface area contributed by atoms with Crippen molar-refractivity contribution in [1.29, 1.82) is 0 Å². The zero-order valence-corrected chi connectivity index (χ0v) is 21.3. The molecule has 0 aliphatic carbocycles. The standard InChI is InChI=1S/C34H22N4O2/c39-19-23-25-11-12-26(35-25)24(20-40)28-14-16-30(37-28)34(22-9-5-2-6-10-22)32-18-17-31(38-32)33(21-7-3-1-4-8-21)29-15-13-27(23)36-29/h1-20,35,38H. The zero-order chi connectivity index (χ0) is 27.1. The lowest BCUT2D eigenvalue weighted by Crippen LogP contribution is -1.91. The van der Waals surface area contributed by atoms with E-state index >= 15 is 0 Å². The van der Waals surface area contributed by atoms with E-state index in [0.29, 0.717) is 33.5 Å². The van der Waals surface area contributed by atoms with Crippen LogP contribution >= 0.6 is 0 Å². The zero-order valence-electron chi connectivity index (χ0n) is 21.3. The average Bonchev–Trinajstić information content (AvgIpc) is 3.81. The molecule has 5 heterocycles. The quantitative estimate of drug-likeness (QED) is 0.235. The number of fused-ring (bicyclic) bond motifs is 8. The molecule has 2 aliphatic heterocycles. The smallest absolute Gasteiger partial charge is 0.154 e. The van der Waals surface area contributed by atoms with E-state index in [1.54, 1.807) is 12.1 Å². The summed E-state index contributed by atoms with van der Waals surface area (Å²) in [4.78, 5) is 41.2. The molecule has 190 valence electrons. The average molecular weight is 519 g/mol. The van der Waals surface area contributed by atoms with Crippen LogP contribution in [-0.4, -0.2) is 32.5 Å². The maximum absolute atomic E-state index is 12.3. The summed E-state index contributed by atoms with van der Waals surface area (Å²) in [6.45, 7) is 0. The van der Waals surface area contributed by atoms with Gasteiger partial charge >= 0.3 is 0 Å². The van der Waals surface area contributed by atoms with Crippen LogP contribution in [0.1, 0.15) is 43.5 Å². The number of rotatable bonds is 4. The van der Waals surface area contributed by atoms with Gasteiger partial charge in [-0.2, -0.15) is 0 Å². The molecule has 6 nitrogen and oxygen atoms in total. The fraction of sp³-hybridized carbons (Fsp3) is 0. The van der Waals surface area contributed by atoms with Crippen LogP contribution in [-0.2, 0) is 0 Å². The minimum atomic E-state index is 0.408. The Kier molecular flexibility index (Phi) is 5.64. The third kappa shape index (κ3) is 3.90. The Morgan fingerprint density at radius 3 is 1.25 bits per heavy atom. The van der Waals surface area contributed by atoms with Crippen molar-refractivity contribution in [2.24, 2.45) is 0 Å². The Hall–Kier alpha value is -5.62. The van der Waals surface area contributed by atoms with E-state index in [4.69, 9.17) is 9.97 Å². The van der Waals surface area contributed by atoms with E-state index in [-0.39, 0.29) is 0 Å². The Labute approximate surface area is 229 Å². The highest BCUT2D eigenvalue weighted by molar-refractivity contribution is 6.00. The first-order chi connectivity index (χ1) is 19.7. The van der Waals surface area contributed by atoms with Gasteiger partial charge in [-0.15, -0.1) is 0 Å². The number of nitrogens with one attached hydrogen (secondary N) is 2. The molecule has 6 heteroatoms. The molecule has 5 aromatic rings. The van der Waals surface area contributed by atoms with Crippen LogP contribution in [0.25, 0.3) is 68.6 Å². The van der Waals surface area contributed by atoms with Gasteiger partial charge in [0.1, 0.15) is 0 Å². The van der Waals surface area contributed by atoms with Gasteiger partial charge < -0.3 is 9.97 Å². The van der Waals surface area contributed by atoms with Crippen molar-refractivity contribution in [1.82, 2.24) is 19.9 Å². The molecule has 0 atom stereocenters. The molecule has 3 aromatic heterocycles. The number of hydrogen-bond acceptors (Lipinski definition) is 4. The van der Waals surface area contributed by atoms with Crippen LogP contribution < -0.4 is 0 Å². The summed E-state index contributed by atoms with van der Waals surface area (Å²) in [6.07, 6.45) is 9.14. The number of hydrogen-bond donors (Lipinski definition) is 2. The second-order valence-corrected chi connectivity index (χ2v) is 9.55. The van der Waals surface area contributed by atoms with Crippen molar-refractivity contribution in [2.75, 3.05) is 0 Å². The highest BCUT2D eigenvalue weighted by atomic mass is 16.1. The molecule has 2 aliphatic rings. The summed E-state index contributed by atoms with van der Waals surface area (Å²) in [5.41, 5.74) is 10.1. The predicted octanol–water partition coefficient (Wildman–Crippen LogP) is 7.61. The number of carbonyl (C=O) groups is 2. The molecule has 2 N–H and O–H groups in total. The number of aromatic amines is 2. The minimum absolute atomic E-state index is 0.408. The normalized spacial score (nSPS) is 12.0. The van der Waals surface area contributed by atoms with Crippen LogP contribution in [0.5, 0.6) is 0 Å². The van der Waals surface area contributed by atoms with Crippen molar-refractivity contribution in [3.63, 3.8) is 0 Å². The van der Waals surface area contributed by atoms with E-state index in [2.05, 4.69) is 9.97 Å². The van der Waals surface area contributed by atoms with Gasteiger partial charge in [0.15, 0.2) is 12.6 Å². The lowest BCUT2D eigenvalue weighted by molar-refractivity contribution is 0.111. The molecule has 0 saturated carbocycles. The predicted molar refractivity (Wildman–Crippen MR) is 161 cm³/mol. The van der Waals surface area contributed by atoms with E-state index in [1.807, 2.05) is 97.1 Å². The highest BCUT2D eigenvalue weighted by Gasteiger charge is 2.17. The number of aldehydes is 2. The SMILES string of the molecule is O=Cc1c2nc(c(-c3ccccc3)c3ccc([nH]3)c(-c3ccccc3)c3nc(c(C=O)c4ccc1[nH]4)C=C3)C=C2. The minimum Gasteiger partial charge on any atom is -0.354 e. The summed E-state index contributed by atoms with van der Waals surface area (Å²) in [5, 5.41) is 0. The van der Waals surface area contributed by atoms with Gasteiger partial charge in [0, 0.05) is 22.2 Å². The van der Waals surface area contributed by atoms with E-state index in [1.165, 1.54) is 0 Å². The number of carbonyl (C=O) groups excluding carboxylic acids is 2. The Morgan fingerprint density at radius 2 is 0.825 bits per heavy atom. The van der Waals surface area contributed by atoms with Gasteiger partial charge in [0.2, 0.25) is 0 Å². The topological polar surface area (TPSA) is 91.5 Å². The van der Waals surface area contributed by atoms with Crippen molar-refractivity contribution in [3.05, 3.63) is 119 Å². The van der Waals surface area contributed by atoms with Crippen molar-refractivity contribution >= 4 is 58.9 Å². The monoisotopic (exact) mass is 518 g/mol. The lowest BCUT2D eigenvalue weighted by atomic mass is 10.0. The van der Waals surface area contributed by atoms with Crippen LogP contribution in [0.4, 0.5) is 0 Å². The fourth-order valence-corrected chi connectivity index (χ4v) is 5.31. The lowest BCUT2D eigenvalue weighted by Gasteiger charge is -2.05. The maximum Gasteiger partial charge on any atom is 0.154 e. The molecular weight excluding hydrogens is 496 g/mol. The molecule has 0 spiro atoms. The van der Waals surface area contributed by atoms with Crippen molar-refractivity contribution in [3.8, 4) is 22.3 Å². The number of benzene rings is 2. The van der Waals surface area contributed by atoms with Gasteiger partial charge in [-0.05, 0) is 59.7 Å². The number of H-pyrrole nitrogens is 2. The molecule has 7 rings (SSSR count). The van der Waals surface area contributed by atoms with Crippen LogP contribution in [0.2, 0.25) is 0 Å². The number of aromatic nitrogens is 4.